The Kier molecular flexibility index (Phi) is 10.3. The van der Waals surface area contributed by atoms with Crippen LogP contribution < -0.4 is 14.8 Å². The van der Waals surface area contributed by atoms with Gasteiger partial charge in [0.15, 0.2) is 11.5 Å². The molecule has 26 heavy (non-hydrogen) atoms. The van der Waals surface area contributed by atoms with E-state index in [9.17, 15) is 0 Å². The molecule has 0 heterocycles. The van der Waals surface area contributed by atoms with Gasteiger partial charge in [0.05, 0.1) is 13.7 Å². The Bertz CT molecular complexity index is 539. The van der Waals surface area contributed by atoms with E-state index in [1.807, 2.05) is 6.07 Å². The number of methoxy groups -OCH3 is 1. The lowest BCUT2D eigenvalue weighted by atomic mass is 9.97. The molecule has 0 atom stereocenters. The fourth-order valence-electron chi connectivity index (χ4n) is 3.44. The minimum atomic E-state index is 0.771. The summed E-state index contributed by atoms with van der Waals surface area (Å²) >= 11 is 0. The van der Waals surface area contributed by atoms with Crippen LogP contribution in [0.2, 0.25) is 0 Å². The van der Waals surface area contributed by atoms with Gasteiger partial charge in [0, 0.05) is 6.54 Å². The predicted molar refractivity (Wildman–Crippen MR) is 110 cm³/mol. The number of allylic oxidation sites excluding steroid dienone is 1. The molecule has 3 nitrogen and oxygen atoms in total. The third-order valence-corrected chi connectivity index (χ3v) is 5.07. The predicted octanol–water partition coefficient (Wildman–Crippen LogP) is 6.02. The highest BCUT2D eigenvalue weighted by atomic mass is 16.5. The molecule has 0 saturated carbocycles. The molecule has 2 rings (SSSR count). The van der Waals surface area contributed by atoms with Gasteiger partial charge < -0.3 is 14.8 Å². The summed E-state index contributed by atoms with van der Waals surface area (Å²) in [5.74, 6) is 1.70. The van der Waals surface area contributed by atoms with Crippen LogP contribution in [0.5, 0.6) is 11.5 Å². The lowest BCUT2D eigenvalue weighted by Gasteiger charge is -2.14. The molecule has 1 aliphatic carbocycles. The van der Waals surface area contributed by atoms with Crippen LogP contribution in [0, 0.1) is 0 Å². The number of hydrogen-bond acceptors (Lipinski definition) is 3. The molecule has 0 spiro atoms. The fraction of sp³-hybridized carbons (Fsp3) is 0.652. The number of rotatable bonds is 13. The molecule has 0 radical (unpaired) electrons. The van der Waals surface area contributed by atoms with Crippen LogP contribution in [0.15, 0.2) is 29.8 Å². The number of unbranched alkanes of at least 4 members (excludes halogenated alkanes) is 4. The number of benzene rings is 1. The van der Waals surface area contributed by atoms with Crippen molar-refractivity contribution in [3.63, 3.8) is 0 Å². The Balaban J connectivity index is 1.70. The van der Waals surface area contributed by atoms with Gasteiger partial charge in [-0.15, -0.1) is 0 Å². The summed E-state index contributed by atoms with van der Waals surface area (Å²) in [6.45, 7) is 4.93. The van der Waals surface area contributed by atoms with Gasteiger partial charge in [0.1, 0.15) is 0 Å². The van der Waals surface area contributed by atoms with Crippen LogP contribution in [0.4, 0.5) is 0 Å². The van der Waals surface area contributed by atoms with Crippen LogP contribution in [-0.2, 0) is 6.54 Å². The first kappa shape index (κ1) is 20.8. The van der Waals surface area contributed by atoms with E-state index in [1.165, 1.54) is 63.4 Å². The van der Waals surface area contributed by atoms with Crippen molar-refractivity contribution in [1.82, 2.24) is 5.32 Å². The minimum absolute atomic E-state index is 0.771. The van der Waals surface area contributed by atoms with Gasteiger partial charge in [0.2, 0.25) is 0 Å². The van der Waals surface area contributed by atoms with Crippen molar-refractivity contribution in [2.24, 2.45) is 0 Å². The Morgan fingerprint density at radius 2 is 1.92 bits per heavy atom. The first-order valence-corrected chi connectivity index (χ1v) is 10.5. The Labute approximate surface area is 160 Å². The zero-order valence-corrected chi connectivity index (χ0v) is 16.8. The van der Waals surface area contributed by atoms with Crippen molar-refractivity contribution in [2.75, 3.05) is 20.3 Å². The van der Waals surface area contributed by atoms with E-state index >= 15 is 0 Å². The molecular weight excluding hydrogens is 322 g/mol. The normalized spacial score (nSPS) is 14.2. The molecule has 1 N–H and O–H groups in total. The Hall–Kier alpha value is -1.48. The largest absolute Gasteiger partial charge is 0.493 e. The maximum absolute atomic E-state index is 5.92. The average molecular weight is 360 g/mol. The Morgan fingerprint density at radius 3 is 2.69 bits per heavy atom. The van der Waals surface area contributed by atoms with Crippen molar-refractivity contribution in [2.45, 2.75) is 77.7 Å². The van der Waals surface area contributed by atoms with Crippen LogP contribution in [0.25, 0.3) is 0 Å². The van der Waals surface area contributed by atoms with Crippen molar-refractivity contribution in [3.8, 4) is 11.5 Å². The second-order valence-electron chi connectivity index (χ2n) is 7.28. The molecule has 146 valence electrons. The maximum Gasteiger partial charge on any atom is 0.161 e. The zero-order chi connectivity index (χ0) is 18.5. The van der Waals surface area contributed by atoms with Gasteiger partial charge in [-0.1, -0.05) is 50.3 Å². The molecule has 0 bridgehead atoms. The van der Waals surface area contributed by atoms with Crippen molar-refractivity contribution < 1.29 is 9.47 Å². The second kappa shape index (κ2) is 12.8. The average Bonchev–Trinajstić information content (AvgIpc) is 2.69. The summed E-state index contributed by atoms with van der Waals surface area (Å²) in [5, 5.41) is 3.55. The molecule has 1 aliphatic rings. The van der Waals surface area contributed by atoms with E-state index in [0.29, 0.717) is 0 Å². The van der Waals surface area contributed by atoms with Crippen molar-refractivity contribution in [1.29, 1.82) is 0 Å². The summed E-state index contributed by atoms with van der Waals surface area (Å²) in [7, 11) is 1.72. The van der Waals surface area contributed by atoms with E-state index in [2.05, 4.69) is 30.4 Å². The van der Waals surface area contributed by atoms with E-state index in [4.69, 9.17) is 9.47 Å². The van der Waals surface area contributed by atoms with Crippen LogP contribution in [-0.4, -0.2) is 20.3 Å². The molecule has 0 saturated heterocycles. The summed E-state index contributed by atoms with van der Waals surface area (Å²) < 4.78 is 11.4. The molecule has 0 aliphatic heterocycles. The molecule has 1 aromatic carbocycles. The molecule has 0 unspecified atom stereocenters. The van der Waals surface area contributed by atoms with Gasteiger partial charge in [0.25, 0.3) is 0 Å². The van der Waals surface area contributed by atoms with Gasteiger partial charge in [-0.25, -0.2) is 0 Å². The lowest BCUT2D eigenvalue weighted by molar-refractivity contribution is 0.284. The highest BCUT2D eigenvalue weighted by Gasteiger charge is 2.07. The minimum Gasteiger partial charge on any atom is -0.493 e. The van der Waals surface area contributed by atoms with Crippen LogP contribution in [0.1, 0.15) is 76.7 Å². The van der Waals surface area contributed by atoms with Gasteiger partial charge in [-0.05, 0) is 62.8 Å². The van der Waals surface area contributed by atoms with E-state index in [0.717, 1.165) is 37.6 Å². The second-order valence-corrected chi connectivity index (χ2v) is 7.28. The molecule has 0 amide bonds. The van der Waals surface area contributed by atoms with Gasteiger partial charge in [-0.3, -0.25) is 0 Å². The maximum atomic E-state index is 5.92. The number of nitrogens with one attached hydrogen (secondary N) is 1. The smallest absolute Gasteiger partial charge is 0.161 e. The van der Waals surface area contributed by atoms with Crippen molar-refractivity contribution in [3.05, 3.63) is 35.4 Å². The standard InChI is InChI=1S/C23H37NO2/c1-3-4-5-6-10-17-26-22-14-13-21(18-23(22)25-2)19-24-16-15-20-11-8-7-9-12-20/h11,13-14,18,24H,3-10,12,15-17,19H2,1-2H3. The first-order valence-electron chi connectivity index (χ1n) is 10.5. The molecule has 0 fully saturated rings. The lowest BCUT2D eigenvalue weighted by Crippen LogP contribution is -2.15. The van der Waals surface area contributed by atoms with Gasteiger partial charge >= 0.3 is 0 Å². The molecule has 0 aromatic heterocycles. The van der Waals surface area contributed by atoms with Crippen molar-refractivity contribution >= 4 is 0 Å². The number of hydrogen-bond donors (Lipinski definition) is 1. The molecule has 3 heteroatoms. The highest BCUT2D eigenvalue weighted by Crippen LogP contribution is 2.28. The quantitative estimate of drug-likeness (QED) is 0.345. The zero-order valence-electron chi connectivity index (χ0n) is 16.8. The molecular formula is C23H37NO2. The summed E-state index contributed by atoms with van der Waals surface area (Å²) in [5.41, 5.74) is 2.87. The monoisotopic (exact) mass is 359 g/mol. The van der Waals surface area contributed by atoms with Gasteiger partial charge in [-0.2, -0.15) is 0 Å². The summed E-state index contributed by atoms with van der Waals surface area (Å²) in [4.78, 5) is 0. The number of ether oxygens (including phenoxy) is 2. The fourth-order valence-corrected chi connectivity index (χ4v) is 3.44. The van der Waals surface area contributed by atoms with Crippen LogP contribution >= 0.6 is 0 Å². The SMILES string of the molecule is CCCCCCCOc1ccc(CNCCC2=CCCCC2)cc1OC. The third kappa shape index (κ3) is 7.82. The summed E-state index contributed by atoms with van der Waals surface area (Å²) in [6.07, 6.45) is 15.2. The Morgan fingerprint density at radius 1 is 1.04 bits per heavy atom. The molecule has 1 aromatic rings. The topological polar surface area (TPSA) is 30.5 Å². The van der Waals surface area contributed by atoms with E-state index in [1.54, 1.807) is 12.7 Å². The first-order chi connectivity index (χ1) is 12.8. The third-order valence-electron chi connectivity index (χ3n) is 5.07. The van der Waals surface area contributed by atoms with E-state index < -0.39 is 0 Å². The van der Waals surface area contributed by atoms with Crippen LogP contribution in [0.3, 0.4) is 0 Å². The highest BCUT2D eigenvalue weighted by molar-refractivity contribution is 5.42. The summed E-state index contributed by atoms with van der Waals surface area (Å²) in [6, 6.07) is 6.28. The van der Waals surface area contributed by atoms with E-state index in [-0.39, 0.29) is 0 Å².